The highest BCUT2D eigenvalue weighted by molar-refractivity contribution is 7.25. The summed E-state index contributed by atoms with van der Waals surface area (Å²) < 4.78 is 11.2. The van der Waals surface area contributed by atoms with E-state index >= 15 is 0 Å². The summed E-state index contributed by atoms with van der Waals surface area (Å²) in [5, 5.41) is 9.73. The van der Waals surface area contributed by atoms with Gasteiger partial charge in [-0.05, 0) is 89.6 Å². The Kier molecular flexibility index (Phi) is 5.83. The Morgan fingerprint density at radius 2 is 1.08 bits per heavy atom. The lowest BCUT2D eigenvalue weighted by Crippen LogP contribution is -2.10. The van der Waals surface area contributed by atoms with Crippen LogP contribution in [0.2, 0.25) is 0 Å². The monoisotopic (exact) mass is 656 g/mol. The molecule has 0 amide bonds. The smallest absolute Gasteiger partial charge is 0.136 e. The lowest BCUT2D eigenvalue weighted by molar-refractivity contribution is 0.669. The van der Waals surface area contributed by atoms with E-state index in [1.54, 1.807) is 0 Å². The maximum absolute atomic E-state index is 6.25. The van der Waals surface area contributed by atoms with Gasteiger partial charge in [-0.2, -0.15) is 0 Å². The number of aromatic nitrogens is 1. The summed E-state index contributed by atoms with van der Waals surface area (Å²) in [6, 6.07) is 61.4. The predicted octanol–water partition coefficient (Wildman–Crippen LogP) is 13.7. The standard InChI is InChI=1S/C46H28N2OS/c1-2-10-30(11-3-1)48-40-15-7-4-12-35(40)36-23-20-33(28-41(36)48)47(32-21-25-45-39(27-32)37-13-6-9-17-44(37)50-45)31-19-22-34-29(26-31)18-24-43-46(34)38-14-5-8-16-42(38)49-43/h1-28H. The zero-order chi connectivity index (χ0) is 32.8. The molecule has 3 heterocycles. The Bertz CT molecular complexity index is 3110. The van der Waals surface area contributed by atoms with E-state index in [9.17, 15) is 0 Å². The molecule has 0 spiro atoms. The minimum atomic E-state index is 0.914. The topological polar surface area (TPSA) is 21.3 Å². The summed E-state index contributed by atoms with van der Waals surface area (Å²) in [5.74, 6) is 0. The van der Waals surface area contributed by atoms with Crippen molar-refractivity contribution >= 4 is 103 Å². The van der Waals surface area contributed by atoms with Crippen LogP contribution in [-0.2, 0) is 0 Å². The van der Waals surface area contributed by atoms with Crippen LogP contribution in [0, 0.1) is 0 Å². The Morgan fingerprint density at radius 1 is 0.420 bits per heavy atom. The van der Waals surface area contributed by atoms with E-state index < -0.39 is 0 Å². The summed E-state index contributed by atoms with van der Waals surface area (Å²) in [4.78, 5) is 2.41. The predicted molar refractivity (Wildman–Crippen MR) is 213 cm³/mol. The van der Waals surface area contributed by atoms with Crippen molar-refractivity contribution in [3.05, 3.63) is 170 Å². The molecule has 0 aliphatic heterocycles. The molecule has 0 N–H and O–H groups in total. The molecule has 0 saturated carbocycles. The van der Waals surface area contributed by atoms with Gasteiger partial charge in [0, 0.05) is 64.5 Å². The van der Waals surface area contributed by atoms with Crippen LogP contribution in [0.15, 0.2) is 174 Å². The molecule has 0 bridgehead atoms. The molecule has 0 fully saturated rings. The minimum Gasteiger partial charge on any atom is -0.456 e. The van der Waals surface area contributed by atoms with Crippen LogP contribution in [0.3, 0.4) is 0 Å². The van der Waals surface area contributed by atoms with Gasteiger partial charge < -0.3 is 13.9 Å². The third-order valence-electron chi connectivity index (χ3n) is 10.1. The number of benzene rings is 8. The Hall–Kier alpha value is -6.36. The molecular formula is C46H28N2OS. The van der Waals surface area contributed by atoms with Crippen molar-refractivity contribution in [2.24, 2.45) is 0 Å². The molecule has 0 saturated heterocycles. The van der Waals surface area contributed by atoms with Gasteiger partial charge in [0.2, 0.25) is 0 Å². The van der Waals surface area contributed by atoms with Gasteiger partial charge in [-0.1, -0.05) is 91.0 Å². The summed E-state index contributed by atoms with van der Waals surface area (Å²) >= 11 is 1.85. The Morgan fingerprint density at radius 3 is 1.98 bits per heavy atom. The van der Waals surface area contributed by atoms with Crippen molar-refractivity contribution in [3.8, 4) is 5.69 Å². The Balaban J connectivity index is 1.18. The molecule has 8 aromatic carbocycles. The van der Waals surface area contributed by atoms with E-state index in [-0.39, 0.29) is 0 Å². The minimum absolute atomic E-state index is 0.914. The van der Waals surface area contributed by atoms with Crippen LogP contribution < -0.4 is 4.90 Å². The second-order valence-electron chi connectivity index (χ2n) is 12.9. The number of thiophene rings is 1. The molecule has 0 aliphatic carbocycles. The maximum Gasteiger partial charge on any atom is 0.136 e. The van der Waals surface area contributed by atoms with Gasteiger partial charge in [0.05, 0.1) is 11.0 Å². The molecule has 0 radical (unpaired) electrons. The molecule has 3 aromatic heterocycles. The lowest BCUT2D eigenvalue weighted by Gasteiger charge is -2.26. The number of anilines is 3. The van der Waals surface area contributed by atoms with E-state index in [0.717, 1.165) is 44.7 Å². The number of nitrogens with zero attached hydrogens (tertiary/aromatic N) is 2. The third kappa shape index (κ3) is 4.03. The second-order valence-corrected chi connectivity index (χ2v) is 14.0. The van der Waals surface area contributed by atoms with Crippen LogP contribution in [0.4, 0.5) is 17.1 Å². The van der Waals surface area contributed by atoms with Crippen molar-refractivity contribution in [1.82, 2.24) is 4.57 Å². The van der Waals surface area contributed by atoms with E-state index in [0.29, 0.717) is 0 Å². The van der Waals surface area contributed by atoms with Crippen molar-refractivity contribution in [1.29, 1.82) is 0 Å². The fourth-order valence-corrected chi connectivity index (χ4v) is 9.02. The summed E-state index contributed by atoms with van der Waals surface area (Å²) in [5.41, 5.74) is 8.68. The fourth-order valence-electron chi connectivity index (χ4n) is 7.93. The van der Waals surface area contributed by atoms with E-state index in [2.05, 4.69) is 167 Å². The number of furan rings is 1. The average molecular weight is 657 g/mol. The number of fused-ring (bicyclic) bond motifs is 11. The highest BCUT2D eigenvalue weighted by Gasteiger charge is 2.20. The van der Waals surface area contributed by atoms with Crippen molar-refractivity contribution in [3.63, 3.8) is 0 Å². The lowest BCUT2D eigenvalue weighted by atomic mass is 10.0. The van der Waals surface area contributed by atoms with Crippen LogP contribution in [0.5, 0.6) is 0 Å². The molecule has 11 rings (SSSR count). The molecular weight excluding hydrogens is 629 g/mol. The van der Waals surface area contributed by atoms with Crippen molar-refractivity contribution in [2.75, 3.05) is 4.90 Å². The van der Waals surface area contributed by atoms with Crippen molar-refractivity contribution in [2.45, 2.75) is 0 Å². The molecule has 3 nitrogen and oxygen atoms in total. The number of para-hydroxylation sites is 3. The first-order valence-corrected chi connectivity index (χ1v) is 17.7. The highest BCUT2D eigenvalue weighted by atomic mass is 32.1. The Labute approximate surface area is 291 Å². The SMILES string of the molecule is c1ccc(-n2c3ccccc3c3ccc(N(c4ccc5c(ccc6oc7ccccc7c65)c4)c4ccc5sc6ccccc6c5c4)cc32)cc1. The second kappa shape index (κ2) is 10.6. The van der Waals surface area contributed by atoms with Gasteiger partial charge in [-0.25, -0.2) is 0 Å². The zero-order valence-corrected chi connectivity index (χ0v) is 27.7. The van der Waals surface area contributed by atoms with Gasteiger partial charge in [-0.3, -0.25) is 0 Å². The van der Waals surface area contributed by atoms with Crippen LogP contribution in [-0.4, -0.2) is 4.57 Å². The van der Waals surface area contributed by atoms with Gasteiger partial charge in [0.1, 0.15) is 11.2 Å². The summed E-state index contributed by atoms with van der Waals surface area (Å²) in [7, 11) is 0. The number of hydrogen-bond acceptors (Lipinski definition) is 3. The van der Waals surface area contributed by atoms with Crippen LogP contribution in [0.1, 0.15) is 0 Å². The quantitative estimate of drug-likeness (QED) is 0.188. The van der Waals surface area contributed by atoms with E-state index in [1.807, 2.05) is 23.5 Å². The molecule has 234 valence electrons. The van der Waals surface area contributed by atoms with Gasteiger partial charge >= 0.3 is 0 Å². The first-order valence-electron chi connectivity index (χ1n) is 16.9. The molecule has 0 atom stereocenters. The van der Waals surface area contributed by atoms with Crippen LogP contribution in [0.25, 0.3) is 80.4 Å². The molecule has 4 heteroatoms. The molecule has 0 aliphatic rings. The van der Waals surface area contributed by atoms with Gasteiger partial charge in [0.15, 0.2) is 0 Å². The van der Waals surface area contributed by atoms with E-state index in [4.69, 9.17) is 4.42 Å². The summed E-state index contributed by atoms with van der Waals surface area (Å²) in [6.45, 7) is 0. The maximum atomic E-state index is 6.25. The van der Waals surface area contributed by atoms with Gasteiger partial charge in [-0.15, -0.1) is 11.3 Å². The first-order chi connectivity index (χ1) is 24.8. The van der Waals surface area contributed by atoms with Crippen molar-refractivity contribution < 1.29 is 4.42 Å². The highest BCUT2D eigenvalue weighted by Crippen LogP contribution is 2.44. The average Bonchev–Trinajstić information content (AvgIpc) is 3.84. The largest absolute Gasteiger partial charge is 0.456 e. The molecule has 11 aromatic rings. The molecule has 0 unspecified atom stereocenters. The van der Waals surface area contributed by atoms with Gasteiger partial charge in [0.25, 0.3) is 0 Å². The van der Waals surface area contributed by atoms with E-state index in [1.165, 1.54) is 52.8 Å². The fraction of sp³-hybridized carbons (Fsp3) is 0. The molecule has 50 heavy (non-hydrogen) atoms. The first kappa shape index (κ1) is 27.6. The zero-order valence-electron chi connectivity index (χ0n) is 26.9. The van der Waals surface area contributed by atoms with Crippen LogP contribution >= 0.6 is 11.3 Å². The normalized spacial score (nSPS) is 12.0. The number of hydrogen-bond donors (Lipinski definition) is 0. The third-order valence-corrected chi connectivity index (χ3v) is 11.3. The number of rotatable bonds is 4. The summed E-state index contributed by atoms with van der Waals surface area (Å²) in [6.07, 6.45) is 0.